The summed E-state index contributed by atoms with van der Waals surface area (Å²) in [6.45, 7) is 2.13. The maximum absolute atomic E-state index is 13.4. The summed E-state index contributed by atoms with van der Waals surface area (Å²) < 4.78 is 40.1. The second kappa shape index (κ2) is 7.36. The van der Waals surface area contributed by atoms with Gasteiger partial charge in [0.15, 0.2) is 0 Å². The zero-order chi connectivity index (χ0) is 20.6. The highest BCUT2D eigenvalue weighted by Gasteiger charge is 2.35. The van der Waals surface area contributed by atoms with Gasteiger partial charge in [-0.25, -0.2) is 4.98 Å². The van der Waals surface area contributed by atoms with Crippen molar-refractivity contribution in [2.45, 2.75) is 26.1 Å². The molecule has 29 heavy (non-hydrogen) atoms. The van der Waals surface area contributed by atoms with Gasteiger partial charge < -0.3 is 16.0 Å². The normalized spacial score (nSPS) is 13.2. The first-order valence-electron chi connectivity index (χ1n) is 8.70. The number of hydrogen-bond acceptors (Lipinski definition) is 6. The SMILES string of the molecule is Cc1ccsc1CNc1nc(Nc2ccc3c(c2)CC(=O)N3)ncc1C(F)(F)F. The lowest BCUT2D eigenvalue weighted by Crippen LogP contribution is -2.14. The van der Waals surface area contributed by atoms with Crippen molar-refractivity contribution >= 4 is 40.4 Å². The molecule has 0 atom stereocenters. The largest absolute Gasteiger partial charge is 0.421 e. The first-order chi connectivity index (χ1) is 13.8. The molecule has 10 heteroatoms. The molecule has 1 aliphatic rings. The molecule has 0 bridgehead atoms. The minimum absolute atomic E-state index is 0.0284. The average molecular weight is 419 g/mol. The third kappa shape index (κ3) is 4.16. The molecule has 3 heterocycles. The molecule has 2 aromatic heterocycles. The molecule has 1 aromatic carbocycles. The Labute approximate surface area is 168 Å². The Kier molecular flexibility index (Phi) is 4.87. The summed E-state index contributed by atoms with van der Waals surface area (Å²) in [5.74, 6) is -0.361. The minimum atomic E-state index is -4.58. The lowest BCUT2D eigenvalue weighted by Gasteiger charge is -2.15. The number of hydrogen-bond donors (Lipinski definition) is 3. The number of alkyl halides is 3. The second-order valence-electron chi connectivity index (χ2n) is 6.56. The number of thiophene rings is 1. The molecule has 6 nitrogen and oxygen atoms in total. The van der Waals surface area contributed by atoms with Crippen molar-refractivity contribution in [2.75, 3.05) is 16.0 Å². The number of benzene rings is 1. The summed E-state index contributed by atoms with van der Waals surface area (Å²) in [5, 5.41) is 10.3. The number of fused-ring (bicyclic) bond motifs is 1. The quantitative estimate of drug-likeness (QED) is 0.558. The standard InChI is InChI=1S/C19H16F3N5OS/c1-10-4-5-29-15(10)9-23-17-13(19(20,21)22)8-24-18(27-17)25-12-2-3-14-11(6-12)7-16(28)26-14/h2-6,8H,7,9H2,1H3,(H,26,28)(H2,23,24,25,27). The molecule has 0 saturated carbocycles. The molecule has 0 spiro atoms. The Hall–Kier alpha value is -3.14. The van der Waals surface area contributed by atoms with Gasteiger partial charge in [0.1, 0.15) is 11.4 Å². The average Bonchev–Trinajstić information content (AvgIpc) is 3.23. The highest BCUT2D eigenvalue weighted by molar-refractivity contribution is 7.10. The molecule has 1 amide bonds. The van der Waals surface area contributed by atoms with E-state index >= 15 is 0 Å². The Bertz CT molecular complexity index is 1080. The van der Waals surface area contributed by atoms with Crippen molar-refractivity contribution < 1.29 is 18.0 Å². The summed E-state index contributed by atoms with van der Waals surface area (Å²) in [4.78, 5) is 20.3. The summed E-state index contributed by atoms with van der Waals surface area (Å²) in [5.41, 5.74) is 2.19. The van der Waals surface area contributed by atoms with Gasteiger partial charge >= 0.3 is 6.18 Å². The molecule has 150 valence electrons. The number of amides is 1. The van der Waals surface area contributed by atoms with Gasteiger partial charge in [-0.2, -0.15) is 18.2 Å². The van der Waals surface area contributed by atoms with Crippen LogP contribution in [0.15, 0.2) is 35.8 Å². The molecule has 3 aromatic rings. The fourth-order valence-electron chi connectivity index (χ4n) is 2.97. The Morgan fingerprint density at radius 1 is 1.28 bits per heavy atom. The summed E-state index contributed by atoms with van der Waals surface area (Å²) in [6.07, 6.45) is -3.56. The molecule has 4 rings (SSSR count). The van der Waals surface area contributed by atoms with E-state index in [-0.39, 0.29) is 30.6 Å². The topological polar surface area (TPSA) is 78.9 Å². The smallest absolute Gasteiger partial charge is 0.364 e. The van der Waals surface area contributed by atoms with Crippen LogP contribution in [0.2, 0.25) is 0 Å². The Morgan fingerprint density at radius 3 is 2.83 bits per heavy atom. The van der Waals surface area contributed by atoms with Crippen molar-refractivity contribution in [3.05, 3.63) is 57.4 Å². The van der Waals surface area contributed by atoms with E-state index in [9.17, 15) is 18.0 Å². The van der Waals surface area contributed by atoms with E-state index in [0.29, 0.717) is 5.69 Å². The maximum Gasteiger partial charge on any atom is 0.421 e. The lowest BCUT2D eigenvalue weighted by atomic mass is 10.1. The van der Waals surface area contributed by atoms with Crippen LogP contribution in [0.25, 0.3) is 0 Å². The third-order valence-electron chi connectivity index (χ3n) is 4.47. The zero-order valence-corrected chi connectivity index (χ0v) is 16.0. The third-order valence-corrected chi connectivity index (χ3v) is 5.49. The van der Waals surface area contributed by atoms with Crippen molar-refractivity contribution in [1.82, 2.24) is 9.97 Å². The summed E-state index contributed by atoms with van der Waals surface area (Å²) in [7, 11) is 0. The van der Waals surface area contributed by atoms with Crippen molar-refractivity contribution in [2.24, 2.45) is 0 Å². The molecule has 0 fully saturated rings. The van der Waals surface area contributed by atoms with Gasteiger partial charge in [0, 0.05) is 22.4 Å². The number of nitrogens with zero attached hydrogens (tertiary/aromatic N) is 2. The Morgan fingerprint density at radius 2 is 2.10 bits per heavy atom. The van der Waals surface area contributed by atoms with Crippen LogP contribution in [0.3, 0.4) is 0 Å². The maximum atomic E-state index is 13.4. The van der Waals surface area contributed by atoms with Gasteiger partial charge in [0.05, 0.1) is 13.0 Å². The molecule has 0 radical (unpaired) electrons. The van der Waals surface area contributed by atoms with Crippen LogP contribution in [0.5, 0.6) is 0 Å². The number of carbonyl (C=O) groups excluding carboxylic acids is 1. The fourth-order valence-corrected chi connectivity index (χ4v) is 3.82. The monoisotopic (exact) mass is 419 g/mol. The number of aryl methyl sites for hydroxylation is 1. The van der Waals surface area contributed by atoms with E-state index in [0.717, 1.165) is 27.9 Å². The van der Waals surface area contributed by atoms with Crippen LogP contribution in [-0.2, 0) is 23.9 Å². The van der Waals surface area contributed by atoms with Crippen LogP contribution in [-0.4, -0.2) is 15.9 Å². The molecule has 3 N–H and O–H groups in total. The van der Waals surface area contributed by atoms with Gasteiger partial charge in [-0.1, -0.05) is 0 Å². The van der Waals surface area contributed by atoms with Crippen molar-refractivity contribution in [1.29, 1.82) is 0 Å². The van der Waals surface area contributed by atoms with Gasteiger partial charge in [-0.3, -0.25) is 4.79 Å². The predicted molar refractivity (Wildman–Crippen MR) is 105 cm³/mol. The first-order valence-corrected chi connectivity index (χ1v) is 9.58. The molecule has 0 unspecified atom stereocenters. The lowest BCUT2D eigenvalue weighted by molar-refractivity contribution is -0.137. The summed E-state index contributed by atoms with van der Waals surface area (Å²) in [6, 6.07) is 7.09. The summed E-state index contributed by atoms with van der Waals surface area (Å²) >= 11 is 1.46. The fraction of sp³-hybridized carbons (Fsp3) is 0.211. The molecule has 0 saturated heterocycles. The number of rotatable bonds is 5. The molecule has 1 aliphatic heterocycles. The number of nitrogens with one attached hydrogen (secondary N) is 3. The number of carbonyl (C=O) groups is 1. The molecular formula is C19H16F3N5OS. The van der Waals surface area contributed by atoms with Crippen LogP contribution in [0.4, 0.5) is 36.3 Å². The van der Waals surface area contributed by atoms with Gasteiger partial charge in [-0.05, 0) is 47.7 Å². The first kappa shape index (κ1) is 19.2. The molecular weight excluding hydrogens is 403 g/mol. The van der Waals surface area contributed by atoms with Crippen LogP contribution >= 0.6 is 11.3 Å². The van der Waals surface area contributed by atoms with Crippen molar-refractivity contribution in [3.8, 4) is 0 Å². The predicted octanol–water partition coefficient (Wildman–Crippen LogP) is 4.72. The van der Waals surface area contributed by atoms with Gasteiger partial charge in [-0.15, -0.1) is 11.3 Å². The second-order valence-corrected chi connectivity index (χ2v) is 7.56. The van der Waals surface area contributed by atoms with E-state index in [1.54, 1.807) is 18.2 Å². The van der Waals surface area contributed by atoms with Gasteiger partial charge in [0.2, 0.25) is 11.9 Å². The van der Waals surface area contributed by atoms with E-state index in [2.05, 4.69) is 25.9 Å². The van der Waals surface area contributed by atoms with Crippen LogP contribution in [0, 0.1) is 6.92 Å². The van der Waals surface area contributed by atoms with E-state index in [1.807, 2.05) is 18.4 Å². The van der Waals surface area contributed by atoms with E-state index < -0.39 is 11.7 Å². The number of halogens is 3. The zero-order valence-electron chi connectivity index (χ0n) is 15.2. The number of aromatic nitrogens is 2. The highest BCUT2D eigenvalue weighted by Crippen LogP contribution is 2.35. The van der Waals surface area contributed by atoms with E-state index in [1.165, 1.54) is 11.3 Å². The van der Waals surface area contributed by atoms with E-state index in [4.69, 9.17) is 0 Å². The van der Waals surface area contributed by atoms with Crippen molar-refractivity contribution in [3.63, 3.8) is 0 Å². The van der Waals surface area contributed by atoms with Crippen LogP contribution < -0.4 is 16.0 Å². The molecule has 0 aliphatic carbocycles. The minimum Gasteiger partial charge on any atom is -0.364 e. The van der Waals surface area contributed by atoms with Crippen LogP contribution in [0.1, 0.15) is 21.6 Å². The highest BCUT2D eigenvalue weighted by atomic mass is 32.1. The number of anilines is 4. The van der Waals surface area contributed by atoms with Gasteiger partial charge in [0.25, 0.3) is 0 Å². The Balaban J connectivity index is 1.59.